The SMILES string of the molecule is CCC1C(=O)CCc2c1cc1n(c2=O)Cc2c-1nc1cc3c(cc1c2CNC(=O)COCNC(=O)OCc1ccc(NC(=O)[C@H](CCCNC(N)=O)NC(=O)[C@@H](NC(=O)CCCCCN2C(=O)CCC2=O)C(C)C)cc1)OCO3. The van der Waals surface area contributed by atoms with E-state index in [2.05, 4.69) is 31.9 Å². The van der Waals surface area contributed by atoms with E-state index in [9.17, 15) is 47.9 Å². The molecule has 8 rings (SSSR count). The van der Waals surface area contributed by atoms with Crippen molar-refractivity contribution < 1.29 is 62.1 Å². The number of fused-ring (bicyclic) bond motifs is 6. The Hall–Kier alpha value is -8.41. The molecule has 0 radical (unpaired) electrons. The number of imide groups is 1. The minimum atomic E-state index is -1.08. The zero-order valence-electron chi connectivity index (χ0n) is 44.4. The molecule has 9 amide bonds. The number of unbranched alkanes of at least 4 members (excludes halogenated alkanes) is 2. The number of likely N-dealkylation sites (tertiary alicyclic amines) is 1. The second kappa shape index (κ2) is 25.8. The normalized spacial score (nSPS) is 15.7. The number of benzene rings is 2. The van der Waals surface area contributed by atoms with E-state index in [0.29, 0.717) is 95.7 Å². The molecule has 4 aliphatic rings. The van der Waals surface area contributed by atoms with Gasteiger partial charge in [0.05, 0.1) is 23.4 Å². The van der Waals surface area contributed by atoms with Crippen LogP contribution in [0, 0.1) is 5.92 Å². The summed E-state index contributed by atoms with van der Waals surface area (Å²) in [5.74, 6) is -1.93. The van der Waals surface area contributed by atoms with Crippen molar-refractivity contribution in [3.8, 4) is 22.9 Å². The number of nitrogens with one attached hydrogen (secondary N) is 6. The van der Waals surface area contributed by atoms with E-state index in [4.69, 9.17) is 29.7 Å². The highest BCUT2D eigenvalue weighted by atomic mass is 16.7. The molecule has 1 saturated heterocycles. The lowest BCUT2D eigenvalue weighted by atomic mass is 9.80. The van der Waals surface area contributed by atoms with Crippen molar-refractivity contribution >= 4 is 69.9 Å². The number of carbonyl (C=O) groups is 9. The van der Waals surface area contributed by atoms with Crippen LogP contribution >= 0.6 is 0 Å². The van der Waals surface area contributed by atoms with E-state index in [-0.39, 0.29) is 113 Å². The maximum atomic E-state index is 13.9. The zero-order chi connectivity index (χ0) is 56.3. The molecule has 420 valence electrons. The van der Waals surface area contributed by atoms with Gasteiger partial charge in [-0.15, -0.1) is 0 Å². The van der Waals surface area contributed by atoms with Crippen molar-refractivity contribution in [2.75, 3.05) is 38.5 Å². The number of rotatable bonds is 25. The fourth-order valence-electron chi connectivity index (χ4n) is 10.2. The average molecular weight is 1090 g/mol. The molecule has 5 heterocycles. The second-order valence-electron chi connectivity index (χ2n) is 20.2. The highest BCUT2D eigenvalue weighted by molar-refractivity contribution is 6.02. The van der Waals surface area contributed by atoms with Crippen LogP contribution in [0.15, 0.2) is 47.3 Å². The Morgan fingerprint density at radius 1 is 0.823 bits per heavy atom. The van der Waals surface area contributed by atoms with Crippen LogP contribution < -0.4 is 52.7 Å². The first-order chi connectivity index (χ1) is 38.0. The summed E-state index contributed by atoms with van der Waals surface area (Å²) < 4.78 is 23.7. The van der Waals surface area contributed by atoms with Gasteiger partial charge in [0.25, 0.3) is 5.56 Å². The molecule has 1 fully saturated rings. The molecule has 8 N–H and O–H groups in total. The number of hydrogen-bond acceptors (Lipinski definition) is 15. The van der Waals surface area contributed by atoms with Gasteiger partial charge >= 0.3 is 12.1 Å². The van der Waals surface area contributed by atoms with Crippen molar-refractivity contribution in [1.29, 1.82) is 0 Å². The van der Waals surface area contributed by atoms with Crippen molar-refractivity contribution in [3.05, 3.63) is 80.6 Å². The maximum absolute atomic E-state index is 13.9. The second-order valence-corrected chi connectivity index (χ2v) is 20.2. The molecule has 0 bridgehead atoms. The topological polar surface area (TPSA) is 327 Å². The third-order valence-corrected chi connectivity index (χ3v) is 14.4. The zero-order valence-corrected chi connectivity index (χ0v) is 44.4. The highest BCUT2D eigenvalue weighted by Gasteiger charge is 2.35. The van der Waals surface area contributed by atoms with Crippen LogP contribution in [0.1, 0.15) is 119 Å². The van der Waals surface area contributed by atoms with Crippen LogP contribution in [0.4, 0.5) is 15.3 Å². The molecule has 2 aromatic heterocycles. The summed E-state index contributed by atoms with van der Waals surface area (Å²) >= 11 is 0. The fraction of sp³-hybridized carbons (Fsp3) is 0.473. The number of ether oxygens (including phenoxy) is 4. The fourth-order valence-corrected chi connectivity index (χ4v) is 10.2. The molecule has 3 atom stereocenters. The molecule has 2 aromatic carbocycles. The number of ketones is 1. The monoisotopic (exact) mass is 1090 g/mol. The number of amides is 9. The van der Waals surface area contributed by atoms with Crippen molar-refractivity contribution in [1.82, 2.24) is 41.0 Å². The lowest BCUT2D eigenvalue weighted by molar-refractivity contribution is -0.138. The molecule has 1 unspecified atom stereocenters. The van der Waals surface area contributed by atoms with Crippen molar-refractivity contribution in [2.24, 2.45) is 11.7 Å². The number of carbonyl (C=O) groups excluding carboxylic acids is 9. The molecule has 0 spiro atoms. The molecule has 24 heteroatoms. The number of Topliss-reactive ketones (excluding diaryl/α,β-unsaturated/α-hetero) is 1. The van der Waals surface area contributed by atoms with Gasteiger partial charge in [-0.25, -0.2) is 14.6 Å². The summed E-state index contributed by atoms with van der Waals surface area (Å²) in [6.45, 7) is 5.29. The van der Waals surface area contributed by atoms with Gasteiger partial charge in [-0.05, 0) is 85.4 Å². The number of anilines is 1. The van der Waals surface area contributed by atoms with Crippen LogP contribution in [-0.2, 0) is 69.2 Å². The van der Waals surface area contributed by atoms with Crippen LogP contribution in [0.5, 0.6) is 11.5 Å². The Kier molecular flexibility index (Phi) is 18.6. The summed E-state index contributed by atoms with van der Waals surface area (Å²) in [7, 11) is 0. The molecule has 79 heavy (non-hydrogen) atoms. The number of nitrogens with zero attached hydrogens (tertiary/aromatic N) is 3. The quantitative estimate of drug-likeness (QED) is 0.0250. The summed E-state index contributed by atoms with van der Waals surface area (Å²) in [6, 6.07) is 9.09. The Morgan fingerprint density at radius 3 is 2.29 bits per heavy atom. The molecule has 3 aliphatic heterocycles. The molecule has 0 saturated carbocycles. The Labute approximate surface area is 454 Å². The Balaban J connectivity index is 0.789. The molecule has 1 aliphatic carbocycles. The highest BCUT2D eigenvalue weighted by Crippen LogP contribution is 2.42. The first kappa shape index (κ1) is 56.8. The molecule has 24 nitrogen and oxygen atoms in total. The van der Waals surface area contributed by atoms with E-state index in [0.717, 1.165) is 16.7 Å². The third-order valence-electron chi connectivity index (χ3n) is 14.4. The summed E-state index contributed by atoms with van der Waals surface area (Å²) in [5, 5.41) is 16.8. The van der Waals surface area contributed by atoms with Crippen LogP contribution in [-0.4, -0.2) is 113 Å². The lowest BCUT2D eigenvalue weighted by Gasteiger charge is -2.25. The smallest absolute Gasteiger partial charge is 0.409 e. The summed E-state index contributed by atoms with van der Waals surface area (Å²) in [4.78, 5) is 134. The molecule has 4 aromatic rings. The van der Waals surface area contributed by atoms with Crippen LogP contribution in [0.3, 0.4) is 0 Å². The van der Waals surface area contributed by atoms with E-state index in [1.807, 2.05) is 13.0 Å². The van der Waals surface area contributed by atoms with Gasteiger partial charge < -0.3 is 55.8 Å². The lowest BCUT2D eigenvalue weighted by Crippen LogP contribution is -2.54. The predicted octanol–water partition coefficient (Wildman–Crippen LogP) is 3.40. The van der Waals surface area contributed by atoms with Gasteiger partial charge in [0.15, 0.2) is 11.5 Å². The average Bonchev–Trinajstić information content (AvgIpc) is 4.16. The van der Waals surface area contributed by atoms with Gasteiger partial charge in [-0.1, -0.05) is 39.3 Å². The Morgan fingerprint density at radius 2 is 1.57 bits per heavy atom. The van der Waals surface area contributed by atoms with Gasteiger partial charge in [0.1, 0.15) is 37.8 Å². The third kappa shape index (κ3) is 13.8. The van der Waals surface area contributed by atoms with E-state index in [1.54, 1.807) is 54.8 Å². The minimum absolute atomic E-state index is 0.0454. The number of primary amides is 1. The van der Waals surface area contributed by atoms with Crippen molar-refractivity contribution in [3.63, 3.8) is 0 Å². The first-order valence-corrected chi connectivity index (χ1v) is 26.6. The standard InChI is InChI=1S/C55H66N10O14/c1-4-33-35-21-41-50-38(25-65(41)53(73)34(35)15-16-42(33)66)37(36-22-43-44(79-29-78-43)23-40(36)61-50)24-58-46(68)27-76-28-59-55(75)77-26-31-11-13-32(14-12-31)60-51(71)39(9-8-19-57-54(56)74)62-52(72)49(30(2)3)63-45(67)10-6-5-7-20-64-47(69)17-18-48(64)70/h11-14,21-23,30,33,39,49H,4-10,15-20,24-29H2,1-3H3,(H,58,68)(H,59,75)(H,60,71)(H,62,72)(H,63,67)(H3,56,57,74)/t33?,39-,49-/m0/s1. The van der Waals surface area contributed by atoms with E-state index >= 15 is 0 Å². The number of alkyl carbamates (subject to hydrolysis) is 1. The van der Waals surface area contributed by atoms with Crippen LogP contribution in [0.2, 0.25) is 0 Å². The number of pyridine rings is 2. The van der Waals surface area contributed by atoms with Crippen molar-refractivity contribution in [2.45, 2.75) is 129 Å². The molecular formula is C55H66N10O14. The number of urea groups is 1. The van der Waals surface area contributed by atoms with Crippen LogP contribution in [0.25, 0.3) is 22.3 Å². The van der Waals surface area contributed by atoms with E-state index in [1.165, 1.54) is 4.90 Å². The Bertz CT molecular complexity index is 3090. The van der Waals surface area contributed by atoms with Gasteiger partial charge in [-0.2, -0.15) is 0 Å². The number of hydrogen-bond donors (Lipinski definition) is 7. The molecular weight excluding hydrogens is 1020 g/mol. The number of nitrogens with two attached hydrogens (primary N) is 1. The van der Waals surface area contributed by atoms with E-state index < -0.39 is 48.5 Å². The summed E-state index contributed by atoms with van der Waals surface area (Å²) in [5.41, 5.74) is 10.6. The van der Waals surface area contributed by atoms with Gasteiger partial charge in [0, 0.05) is 79.5 Å². The largest absolute Gasteiger partial charge is 0.454 e. The number of aromatic nitrogens is 2. The summed E-state index contributed by atoms with van der Waals surface area (Å²) in [6.07, 6.45) is 3.03. The minimum Gasteiger partial charge on any atom is -0.454 e. The first-order valence-electron chi connectivity index (χ1n) is 26.6. The van der Waals surface area contributed by atoms with Gasteiger partial charge in [0.2, 0.25) is 42.2 Å². The maximum Gasteiger partial charge on any atom is 0.409 e. The van der Waals surface area contributed by atoms with Gasteiger partial charge in [-0.3, -0.25) is 48.6 Å². The predicted molar refractivity (Wildman–Crippen MR) is 284 cm³/mol.